The number of amides is 2. The molecule has 30 heavy (non-hydrogen) atoms. The highest BCUT2D eigenvalue weighted by atomic mass is 32.2. The Hall–Kier alpha value is -3.00. The summed E-state index contributed by atoms with van der Waals surface area (Å²) in [6.07, 6.45) is 1.48. The summed E-state index contributed by atoms with van der Waals surface area (Å²) in [6, 6.07) is 13.4. The van der Waals surface area contributed by atoms with Crippen LogP contribution in [0.5, 0.6) is 5.75 Å². The molecular formula is C22H22N2O5S. The van der Waals surface area contributed by atoms with Gasteiger partial charge in [0.15, 0.2) is 0 Å². The van der Waals surface area contributed by atoms with E-state index in [4.69, 9.17) is 9.84 Å². The zero-order valence-corrected chi connectivity index (χ0v) is 17.1. The van der Waals surface area contributed by atoms with E-state index in [2.05, 4.69) is 10.2 Å². The molecule has 2 N–H and O–H groups in total. The van der Waals surface area contributed by atoms with Crippen molar-refractivity contribution in [1.82, 2.24) is 5.32 Å². The Bertz CT molecular complexity index is 976. The third-order valence-corrected chi connectivity index (χ3v) is 6.22. The van der Waals surface area contributed by atoms with Crippen LogP contribution in [0.15, 0.2) is 42.5 Å². The first-order chi connectivity index (χ1) is 14.5. The Kier molecular flexibility index (Phi) is 5.94. The lowest BCUT2D eigenvalue weighted by molar-refractivity contribution is -0.136. The van der Waals surface area contributed by atoms with E-state index in [1.165, 1.54) is 5.56 Å². The molecule has 4 rings (SSSR count). The van der Waals surface area contributed by atoms with Gasteiger partial charge in [0.25, 0.3) is 5.24 Å². The van der Waals surface area contributed by atoms with Crippen LogP contribution < -0.4 is 15.0 Å². The fraction of sp³-hybridized carbons (Fsp3) is 0.318. The Labute approximate surface area is 178 Å². The molecular weight excluding hydrogens is 404 g/mol. The average Bonchev–Trinajstić information content (AvgIpc) is 3.25. The summed E-state index contributed by atoms with van der Waals surface area (Å²) in [4.78, 5) is 36.1. The first kappa shape index (κ1) is 20.3. The van der Waals surface area contributed by atoms with E-state index < -0.39 is 5.97 Å². The number of aliphatic carboxylic acids is 1. The van der Waals surface area contributed by atoms with Crippen molar-refractivity contribution >= 4 is 34.6 Å². The largest absolute Gasteiger partial charge is 0.492 e. The number of hydrogen-bond acceptors (Lipinski definition) is 6. The standard InChI is InChI=1S/C22H22N2O5S/c25-20(26)13-15-1-4-16-7-8-24(18(16)11-15)9-10-29-17-5-2-14(3-6-17)12-19-21(27)23-22(28)30-19/h1-6,11,19H,7-10,12-13H2,(H,25,26)(H,23,27,28). The van der Waals surface area contributed by atoms with E-state index in [1.807, 2.05) is 42.5 Å². The molecule has 7 nitrogen and oxygen atoms in total. The van der Waals surface area contributed by atoms with Gasteiger partial charge in [-0.25, -0.2) is 0 Å². The second-order valence-corrected chi connectivity index (χ2v) is 8.53. The zero-order chi connectivity index (χ0) is 21.1. The molecule has 8 heteroatoms. The van der Waals surface area contributed by atoms with E-state index >= 15 is 0 Å². The predicted octanol–water partition coefficient (Wildman–Crippen LogP) is 2.65. The third-order valence-electron chi connectivity index (χ3n) is 5.24. The number of carboxylic acids is 1. The Balaban J connectivity index is 1.29. The molecule has 156 valence electrons. The average molecular weight is 426 g/mol. The van der Waals surface area contributed by atoms with Crippen molar-refractivity contribution in [3.05, 3.63) is 59.2 Å². The fourth-order valence-electron chi connectivity index (χ4n) is 3.75. The topological polar surface area (TPSA) is 95.9 Å². The third kappa shape index (κ3) is 4.76. The van der Waals surface area contributed by atoms with E-state index in [0.717, 1.165) is 47.3 Å². The van der Waals surface area contributed by atoms with Crippen LogP contribution in [-0.4, -0.2) is 47.2 Å². The Morgan fingerprint density at radius 2 is 1.93 bits per heavy atom. The molecule has 0 aliphatic carbocycles. The first-order valence-corrected chi connectivity index (χ1v) is 10.7. The number of hydrogen-bond donors (Lipinski definition) is 2. The van der Waals surface area contributed by atoms with E-state index in [1.54, 1.807) is 0 Å². The number of anilines is 1. The van der Waals surface area contributed by atoms with Crippen molar-refractivity contribution in [3.8, 4) is 5.75 Å². The van der Waals surface area contributed by atoms with Gasteiger partial charge in [-0.05, 0) is 47.7 Å². The molecule has 2 aromatic carbocycles. The number of nitrogens with one attached hydrogen (secondary N) is 1. The van der Waals surface area contributed by atoms with Crippen molar-refractivity contribution in [3.63, 3.8) is 0 Å². The van der Waals surface area contributed by atoms with Gasteiger partial charge in [-0.2, -0.15) is 0 Å². The summed E-state index contributed by atoms with van der Waals surface area (Å²) < 4.78 is 5.87. The van der Waals surface area contributed by atoms with Gasteiger partial charge in [0.2, 0.25) is 5.91 Å². The van der Waals surface area contributed by atoms with Crippen LogP contribution in [0.1, 0.15) is 16.7 Å². The molecule has 0 saturated carbocycles. The van der Waals surface area contributed by atoms with Gasteiger partial charge in [0.1, 0.15) is 12.4 Å². The van der Waals surface area contributed by atoms with E-state index in [0.29, 0.717) is 19.6 Å². The molecule has 2 heterocycles. The van der Waals surface area contributed by atoms with Crippen LogP contribution in [0.25, 0.3) is 0 Å². The van der Waals surface area contributed by atoms with Crippen LogP contribution in [0.3, 0.4) is 0 Å². The van der Waals surface area contributed by atoms with Gasteiger partial charge in [-0.15, -0.1) is 0 Å². The van der Waals surface area contributed by atoms with Crippen LogP contribution in [0, 0.1) is 0 Å². The number of carboxylic acid groups (broad SMARTS) is 1. The van der Waals surface area contributed by atoms with Gasteiger partial charge in [0, 0.05) is 12.2 Å². The molecule has 2 aliphatic heterocycles. The van der Waals surface area contributed by atoms with Crippen LogP contribution in [0.2, 0.25) is 0 Å². The normalized spacial score (nSPS) is 17.7. The van der Waals surface area contributed by atoms with Crippen LogP contribution >= 0.6 is 11.8 Å². The molecule has 0 spiro atoms. The summed E-state index contributed by atoms with van der Waals surface area (Å²) in [6.45, 7) is 2.12. The number of benzene rings is 2. The summed E-state index contributed by atoms with van der Waals surface area (Å²) in [5, 5.41) is 10.6. The number of imide groups is 1. The van der Waals surface area contributed by atoms with Crippen LogP contribution in [-0.2, 0) is 28.9 Å². The van der Waals surface area contributed by atoms with E-state index in [-0.39, 0.29) is 22.8 Å². The lowest BCUT2D eigenvalue weighted by Gasteiger charge is -2.20. The molecule has 2 amide bonds. The minimum Gasteiger partial charge on any atom is -0.492 e. The Morgan fingerprint density at radius 3 is 2.63 bits per heavy atom. The molecule has 1 atom stereocenters. The van der Waals surface area contributed by atoms with Crippen molar-refractivity contribution in [2.45, 2.75) is 24.5 Å². The summed E-state index contributed by atoms with van der Waals surface area (Å²) in [7, 11) is 0. The fourth-order valence-corrected chi connectivity index (χ4v) is 4.60. The van der Waals surface area contributed by atoms with Gasteiger partial charge >= 0.3 is 5.97 Å². The van der Waals surface area contributed by atoms with Gasteiger partial charge in [-0.3, -0.25) is 19.7 Å². The van der Waals surface area contributed by atoms with Crippen molar-refractivity contribution in [2.75, 3.05) is 24.6 Å². The van der Waals surface area contributed by atoms with Crippen molar-refractivity contribution in [1.29, 1.82) is 0 Å². The molecule has 1 unspecified atom stereocenters. The molecule has 0 aromatic heterocycles. The maximum absolute atomic E-state index is 11.7. The monoisotopic (exact) mass is 426 g/mol. The van der Waals surface area contributed by atoms with Gasteiger partial charge < -0.3 is 14.7 Å². The molecule has 0 radical (unpaired) electrons. The first-order valence-electron chi connectivity index (χ1n) is 9.80. The zero-order valence-electron chi connectivity index (χ0n) is 16.3. The molecule has 2 aromatic rings. The summed E-state index contributed by atoms with van der Waals surface area (Å²) >= 11 is 1.03. The maximum Gasteiger partial charge on any atom is 0.307 e. The quantitative estimate of drug-likeness (QED) is 0.670. The highest BCUT2D eigenvalue weighted by Gasteiger charge is 2.31. The minimum atomic E-state index is -0.829. The highest BCUT2D eigenvalue weighted by molar-refractivity contribution is 8.15. The minimum absolute atomic E-state index is 0.0269. The van der Waals surface area contributed by atoms with Gasteiger partial charge in [0.05, 0.1) is 18.2 Å². The number of carbonyl (C=O) groups is 3. The summed E-state index contributed by atoms with van der Waals surface area (Å²) in [5.41, 5.74) is 4.11. The maximum atomic E-state index is 11.7. The highest BCUT2D eigenvalue weighted by Crippen LogP contribution is 2.29. The van der Waals surface area contributed by atoms with E-state index in [9.17, 15) is 14.4 Å². The smallest absolute Gasteiger partial charge is 0.307 e. The number of thioether (sulfide) groups is 1. The SMILES string of the molecule is O=C(O)Cc1ccc2c(c1)N(CCOc1ccc(CC3SC(=O)NC3=O)cc1)CC2. The second kappa shape index (κ2) is 8.79. The van der Waals surface area contributed by atoms with Gasteiger partial charge in [-0.1, -0.05) is 36.0 Å². The number of carbonyl (C=O) groups excluding carboxylic acids is 2. The summed E-state index contributed by atoms with van der Waals surface area (Å²) in [5.74, 6) is -0.315. The lowest BCUT2D eigenvalue weighted by atomic mass is 10.1. The molecule has 0 bridgehead atoms. The lowest BCUT2D eigenvalue weighted by Crippen LogP contribution is -2.26. The number of nitrogens with zero attached hydrogens (tertiary/aromatic N) is 1. The number of rotatable bonds is 8. The molecule has 1 saturated heterocycles. The predicted molar refractivity (Wildman–Crippen MR) is 114 cm³/mol. The Morgan fingerprint density at radius 1 is 1.17 bits per heavy atom. The number of ether oxygens (including phenoxy) is 1. The second-order valence-electron chi connectivity index (χ2n) is 7.35. The molecule has 1 fully saturated rings. The van der Waals surface area contributed by atoms with Crippen LogP contribution in [0.4, 0.5) is 10.5 Å². The number of fused-ring (bicyclic) bond motifs is 1. The van der Waals surface area contributed by atoms with Crippen molar-refractivity contribution < 1.29 is 24.2 Å². The van der Waals surface area contributed by atoms with Crippen molar-refractivity contribution in [2.24, 2.45) is 0 Å². The molecule has 2 aliphatic rings.